The number of nitrogens with zero attached hydrogens (tertiary/aromatic N) is 2. The Kier molecular flexibility index (Phi) is 3.45. The van der Waals surface area contributed by atoms with E-state index in [0.717, 1.165) is 5.82 Å². The van der Waals surface area contributed by atoms with Gasteiger partial charge in [0.05, 0.1) is 5.69 Å². The van der Waals surface area contributed by atoms with Crippen LogP contribution in [0.3, 0.4) is 0 Å². The Morgan fingerprint density at radius 2 is 2.06 bits per heavy atom. The molecule has 1 heterocycles. The third-order valence-corrected chi connectivity index (χ3v) is 3.08. The molecule has 2 aromatic rings. The van der Waals surface area contributed by atoms with Crippen LogP contribution in [0, 0.1) is 0 Å². The highest BCUT2D eigenvalue weighted by molar-refractivity contribution is 7.07. The molecule has 6 heteroatoms. The molecule has 0 aliphatic rings. The molecule has 0 saturated carbocycles. The van der Waals surface area contributed by atoms with Gasteiger partial charge in [-0.1, -0.05) is 32.4 Å². The van der Waals surface area contributed by atoms with E-state index in [1.807, 2.05) is 20.8 Å². The molecule has 96 valence electrons. The summed E-state index contributed by atoms with van der Waals surface area (Å²) in [6, 6.07) is 5.07. The van der Waals surface area contributed by atoms with E-state index >= 15 is 0 Å². The minimum Gasteiger partial charge on any atom is -0.428 e. The number of hydrogen-bond donors (Lipinski definition) is 1. The predicted octanol–water partition coefficient (Wildman–Crippen LogP) is 3.86. The van der Waals surface area contributed by atoms with Gasteiger partial charge in [0.1, 0.15) is 0 Å². The molecule has 0 saturated heterocycles. The molecule has 0 aliphatic carbocycles. The van der Waals surface area contributed by atoms with Crippen molar-refractivity contribution in [1.82, 2.24) is 9.36 Å². The van der Waals surface area contributed by atoms with Crippen molar-refractivity contribution in [3.63, 3.8) is 0 Å². The lowest BCUT2D eigenvalue weighted by molar-refractivity contribution is 0.470. The average Bonchev–Trinajstić information content (AvgIpc) is 2.71. The van der Waals surface area contributed by atoms with Crippen LogP contribution in [-0.2, 0) is 5.41 Å². The molecule has 18 heavy (non-hydrogen) atoms. The van der Waals surface area contributed by atoms with E-state index in [1.165, 1.54) is 11.5 Å². The highest BCUT2D eigenvalue weighted by Gasteiger charge is 2.20. The lowest BCUT2D eigenvalue weighted by Crippen LogP contribution is -2.12. The van der Waals surface area contributed by atoms with Crippen molar-refractivity contribution in [3.8, 4) is 10.9 Å². The maximum atomic E-state index is 5.89. The van der Waals surface area contributed by atoms with Crippen LogP contribution in [0.1, 0.15) is 26.6 Å². The first-order valence-electron chi connectivity index (χ1n) is 5.43. The van der Waals surface area contributed by atoms with Crippen LogP contribution in [0.15, 0.2) is 18.2 Å². The molecule has 2 N–H and O–H groups in total. The van der Waals surface area contributed by atoms with E-state index in [4.69, 9.17) is 22.1 Å². The first kappa shape index (κ1) is 13.1. The van der Waals surface area contributed by atoms with Gasteiger partial charge in [0.15, 0.2) is 11.6 Å². The normalized spacial score (nSPS) is 11.6. The van der Waals surface area contributed by atoms with Crippen LogP contribution in [0.2, 0.25) is 5.02 Å². The lowest BCUT2D eigenvalue weighted by Gasteiger charge is -2.12. The summed E-state index contributed by atoms with van der Waals surface area (Å²) in [7, 11) is 0. The van der Waals surface area contributed by atoms with Gasteiger partial charge in [-0.05, 0) is 12.1 Å². The van der Waals surface area contributed by atoms with E-state index in [1.54, 1.807) is 18.2 Å². The van der Waals surface area contributed by atoms with Crippen LogP contribution >= 0.6 is 23.1 Å². The molecule has 4 nitrogen and oxygen atoms in total. The zero-order valence-electron chi connectivity index (χ0n) is 10.4. The lowest BCUT2D eigenvalue weighted by atomic mass is 9.96. The fourth-order valence-corrected chi connectivity index (χ4v) is 2.14. The second-order valence-corrected chi connectivity index (χ2v) is 6.07. The van der Waals surface area contributed by atoms with E-state index in [0.29, 0.717) is 21.7 Å². The summed E-state index contributed by atoms with van der Waals surface area (Å²) in [5, 5.41) is 1.04. The zero-order valence-corrected chi connectivity index (χ0v) is 12.0. The highest BCUT2D eigenvalue weighted by Crippen LogP contribution is 2.32. The van der Waals surface area contributed by atoms with Gasteiger partial charge in [-0.15, -0.1) is 0 Å². The van der Waals surface area contributed by atoms with Gasteiger partial charge in [-0.3, -0.25) is 0 Å². The van der Waals surface area contributed by atoms with Crippen molar-refractivity contribution < 1.29 is 4.74 Å². The van der Waals surface area contributed by atoms with Gasteiger partial charge in [0.25, 0.3) is 5.19 Å². The number of anilines is 1. The van der Waals surface area contributed by atoms with Gasteiger partial charge in [0, 0.05) is 28.0 Å². The van der Waals surface area contributed by atoms with Crippen LogP contribution in [0.25, 0.3) is 0 Å². The largest absolute Gasteiger partial charge is 0.428 e. The van der Waals surface area contributed by atoms with Gasteiger partial charge >= 0.3 is 0 Å². The third-order valence-electron chi connectivity index (χ3n) is 2.25. The predicted molar refractivity (Wildman–Crippen MR) is 74.5 cm³/mol. The summed E-state index contributed by atoms with van der Waals surface area (Å²) >= 11 is 7.10. The number of hydrogen-bond acceptors (Lipinski definition) is 5. The van der Waals surface area contributed by atoms with Crippen molar-refractivity contribution in [2.24, 2.45) is 0 Å². The number of aromatic nitrogens is 2. The summed E-state index contributed by atoms with van der Waals surface area (Å²) in [4.78, 5) is 4.33. The number of rotatable bonds is 2. The van der Waals surface area contributed by atoms with Crippen LogP contribution in [0.4, 0.5) is 5.69 Å². The Balaban J connectivity index is 2.24. The molecule has 0 spiro atoms. The Morgan fingerprint density at radius 3 is 2.67 bits per heavy atom. The zero-order chi connectivity index (χ0) is 13.3. The first-order valence-corrected chi connectivity index (χ1v) is 6.58. The minimum atomic E-state index is -0.0992. The number of halogens is 1. The molecule has 0 unspecified atom stereocenters. The van der Waals surface area contributed by atoms with Crippen molar-refractivity contribution in [2.75, 3.05) is 5.73 Å². The van der Waals surface area contributed by atoms with E-state index in [9.17, 15) is 0 Å². The van der Waals surface area contributed by atoms with Gasteiger partial charge in [-0.25, -0.2) is 0 Å². The molecule has 1 aromatic heterocycles. The number of nitrogens with two attached hydrogens (primary N) is 1. The SMILES string of the molecule is CC(C)(C)c1nsc(Oc2cc(Cl)ccc2N)n1. The molecule has 0 amide bonds. The number of ether oxygens (including phenoxy) is 1. The Hall–Kier alpha value is -1.33. The molecule has 0 bridgehead atoms. The summed E-state index contributed by atoms with van der Waals surface area (Å²) in [5.41, 5.74) is 6.22. The second-order valence-electron chi connectivity index (χ2n) is 4.92. The molecule has 0 aliphatic heterocycles. The van der Waals surface area contributed by atoms with Crippen LogP contribution < -0.4 is 10.5 Å². The van der Waals surface area contributed by atoms with E-state index < -0.39 is 0 Å². The van der Waals surface area contributed by atoms with Crippen molar-refractivity contribution >= 4 is 28.8 Å². The molecule has 1 aromatic carbocycles. The summed E-state index contributed by atoms with van der Waals surface area (Å²) in [6.07, 6.45) is 0. The van der Waals surface area contributed by atoms with Gasteiger partial charge in [0.2, 0.25) is 0 Å². The highest BCUT2D eigenvalue weighted by atomic mass is 35.5. The quantitative estimate of drug-likeness (QED) is 0.850. The Bertz CT molecular complexity index is 563. The fraction of sp³-hybridized carbons (Fsp3) is 0.333. The summed E-state index contributed by atoms with van der Waals surface area (Å²) < 4.78 is 9.87. The maximum Gasteiger partial charge on any atom is 0.298 e. The Labute approximate surface area is 115 Å². The molecular weight excluding hydrogens is 270 g/mol. The minimum absolute atomic E-state index is 0.0992. The molecule has 2 rings (SSSR count). The third kappa shape index (κ3) is 2.91. The van der Waals surface area contributed by atoms with Crippen molar-refractivity contribution in [3.05, 3.63) is 29.0 Å². The number of nitrogen functional groups attached to an aromatic ring is 1. The first-order chi connectivity index (χ1) is 8.36. The monoisotopic (exact) mass is 283 g/mol. The van der Waals surface area contributed by atoms with E-state index in [-0.39, 0.29) is 5.41 Å². The second kappa shape index (κ2) is 4.74. The van der Waals surface area contributed by atoms with Gasteiger partial charge in [-0.2, -0.15) is 9.36 Å². The topological polar surface area (TPSA) is 61.0 Å². The standard InChI is InChI=1S/C12H14ClN3OS/c1-12(2,3)10-15-11(18-16-10)17-9-6-7(13)4-5-8(9)14/h4-6H,14H2,1-3H3. The Morgan fingerprint density at radius 1 is 1.33 bits per heavy atom. The molecule has 0 atom stereocenters. The smallest absolute Gasteiger partial charge is 0.298 e. The summed E-state index contributed by atoms with van der Waals surface area (Å²) in [6.45, 7) is 6.14. The fourth-order valence-electron chi connectivity index (χ4n) is 1.25. The number of benzene rings is 1. The molecular formula is C12H14ClN3OS. The van der Waals surface area contributed by atoms with E-state index in [2.05, 4.69) is 9.36 Å². The van der Waals surface area contributed by atoms with Crippen LogP contribution in [0.5, 0.6) is 10.9 Å². The summed E-state index contributed by atoms with van der Waals surface area (Å²) in [5.74, 6) is 1.25. The van der Waals surface area contributed by atoms with Gasteiger partial charge < -0.3 is 10.5 Å². The molecule has 0 radical (unpaired) electrons. The average molecular weight is 284 g/mol. The van der Waals surface area contributed by atoms with Crippen molar-refractivity contribution in [2.45, 2.75) is 26.2 Å². The molecule has 0 fully saturated rings. The maximum absolute atomic E-state index is 5.89. The van der Waals surface area contributed by atoms with Crippen molar-refractivity contribution in [1.29, 1.82) is 0 Å². The van der Waals surface area contributed by atoms with Crippen LogP contribution in [-0.4, -0.2) is 9.36 Å².